The zero-order chi connectivity index (χ0) is 15.7. The van der Waals surface area contributed by atoms with E-state index in [9.17, 15) is 0 Å². The lowest BCUT2D eigenvalue weighted by Crippen LogP contribution is -2.12. The Morgan fingerprint density at radius 1 is 0.810 bits per heavy atom. The van der Waals surface area contributed by atoms with Gasteiger partial charge in [0.05, 0.1) is 0 Å². The van der Waals surface area contributed by atoms with Crippen molar-refractivity contribution in [1.29, 1.82) is 0 Å². The summed E-state index contributed by atoms with van der Waals surface area (Å²) in [5, 5.41) is 0. The first-order valence-corrected chi connectivity index (χ1v) is 10.4. The van der Waals surface area contributed by atoms with Gasteiger partial charge in [0, 0.05) is 0 Å². The Kier molecular flexibility index (Phi) is 4.53. The van der Waals surface area contributed by atoms with E-state index in [0.717, 1.165) is 6.42 Å². The molecule has 0 atom stereocenters. The summed E-state index contributed by atoms with van der Waals surface area (Å²) in [5.74, 6) is 0. The third-order valence-corrected chi connectivity index (χ3v) is 5.27. The molecule has 0 aliphatic carbocycles. The highest BCUT2D eigenvalue weighted by molar-refractivity contribution is 8.32. The molecular formula is C20H28S. The Balaban J connectivity index is 2.52. The van der Waals surface area contributed by atoms with Crippen LogP contribution in [0.3, 0.4) is 0 Å². The number of hydrogen-bond acceptors (Lipinski definition) is 0. The molecule has 0 amide bonds. The summed E-state index contributed by atoms with van der Waals surface area (Å²) in [4.78, 5) is 1.55. The zero-order valence-corrected chi connectivity index (χ0v) is 15.1. The maximum Gasteiger partial charge on any atom is -0.00735 e. The molecule has 114 valence electrons. The Bertz CT molecular complexity index is 598. The molecule has 0 aliphatic rings. The first-order valence-electron chi connectivity index (χ1n) is 7.53. The number of benzene rings is 2. The minimum Gasteiger partial charge on any atom is -0.223 e. The van der Waals surface area contributed by atoms with Crippen molar-refractivity contribution in [2.45, 2.75) is 32.1 Å². The molecule has 0 bridgehead atoms. The normalized spacial score (nSPS) is 13.2. The quantitative estimate of drug-likeness (QED) is 0.652. The van der Waals surface area contributed by atoms with E-state index in [1.54, 1.807) is 4.90 Å². The van der Waals surface area contributed by atoms with Gasteiger partial charge in [-0.15, -0.1) is 0 Å². The third kappa shape index (κ3) is 4.38. The van der Waals surface area contributed by atoms with Crippen LogP contribution in [0, 0.1) is 5.41 Å². The topological polar surface area (TPSA) is 0 Å². The molecule has 0 nitrogen and oxygen atoms in total. The lowest BCUT2D eigenvalue weighted by molar-refractivity contribution is 0.408. The summed E-state index contributed by atoms with van der Waals surface area (Å²) in [6, 6.07) is 17.7. The molecular weight excluding hydrogens is 272 g/mol. The van der Waals surface area contributed by atoms with Crippen LogP contribution in [0.5, 0.6) is 0 Å². The number of rotatable bonds is 3. The van der Waals surface area contributed by atoms with Gasteiger partial charge in [-0.25, -0.2) is 10.0 Å². The highest BCUT2D eigenvalue weighted by Gasteiger charge is 2.19. The standard InChI is InChI=1S/C20H28S/c1-20(2,3)15-18-14-17(16-10-8-7-9-11-16)12-13-19(18)21(4,5)6/h7-14H,15H2,1-6H3. The van der Waals surface area contributed by atoms with Crippen LogP contribution >= 0.6 is 10.0 Å². The lowest BCUT2D eigenvalue weighted by Gasteiger charge is -2.31. The van der Waals surface area contributed by atoms with Crippen LogP contribution in [-0.4, -0.2) is 18.8 Å². The van der Waals surface area contributed by atoms with E-state index in [0.29, 0.717) is 5.41 Å². The molecule has 0 saturated heterocycles. The molecule has 2 rings (SSSR count). The molecule has 0 aliphatic heterocycles. The van der Waals surface area contributed by atoms with Crippen molar-refractivity contribution in [2.75, 3.05) is 18.8 Å². The van der Waals surface area contributed by atoms with Crippen LogP contribution in [0.1, 0.15) is 26.3 Å². The van der Waals surface area contributed by atoms with Gasteiger partial charge in [0.15, 0.2) is 0 Å². The van der Waals surface area contributed by atoms with Gasteiger partial charge in [-0.2, -0.15) is 0 Å². The molecule has 0 saturated carbocycles. The predicted molar refractivity (Wildman–Crippen MR) is 98.7 cm³/mol. The van der Waals surface area contributed by atoms with Crippen molar-refractivity contribution in [2.24, 2.45) is 5.41 Å². The maximum absolute atomic E-state index is 2.41. The molecule has 0 spiro atoms. The third-order valence-electron chi connectivity index (χ3n) is 3.55. The van der Waals surface area contributed by atoms with Crippen LogP contribution in [0.2, 0.25) is 0 Å². The Morgan fingerprint density at radius 3 is 1.95 bits per heavy atom. The second-order valence-electron chi connectivity index (χ2n) is 7.76. The van der Waals surface area contributed by atoms with Crippen molar-refractivity contribution in [3.05, 3.63) is 54.1 Å². The van der Waals surface area contributed by atoms with Gasteiger partial charge in [-0.1, -0.05) is 63.2 Å². The smallest absolute Gasteiger partial charge is 0.00735 e. The maximum atomic E-state index is 2.41. The molecule has 1 heteroatoms. The van der Waals surface area contributed by atoms with Gasteiger partial charge in [-0.05, 0) is 58.3 Å². The van der Waals surface area contributed by atoms with Crippen molar-refractivity contribution < 1.29 is 0 Å². The highest BCUT2D eigenvalue weighted by Crippen LogP contribution is 2.48. The second kappa shape index (κ2) is 5.88. The van der Waals surface area contributed by atoms with Crippen LogP contribution < -0.4 is 0 Å². The summed E-state index contributed by atoms with van der Waals surface area (Å²) >= 11 is 0. The Labute approximate surface area is 131 Å². The molecule has 0 unspecified atom stereocenters. The van der Waals surface area contributed by atoms with Crippen LogP contribution in [0.4, 0.5) is 0 Å². The van der Waals surface area contributed by atoms with Crippen LogP contribution in [0.25, 0.3) is 11.1 Å². The molecule has 2 aromatic rings. The van der Waals surface area contributed by atoms with E-state index < -0.39 is 10.0 Å². The monoisotopic (exact) mass is 300 g/mol. The highest BCUT2D eigenvalue weighted by atomic mass is 32.3. The van der Waals surface area contributed by atoms with E-state index in [1.807, 2.05) is 0 Å². The summed E-state index contributed by atoms with van der Waals surface area (Å²) in [7, 11) is -0.705. The van der Waals surface area contributed by atoms with Gasteiger partial charge in [0.2, 0.25) is 0 Å². The van der Waals surface area contributed by atoms with E-state index in [1.165, 1.54) is 16.7 Å². The van der Waals surface area contributed by atoms with E-state index >= 15 is 0 Å². The average molecular weight is 301 g/mol. The van der Waals surface area contributed by atoms with Crippen LogP contribution in [-0.2, 0) is 6.42 Å². The summed E-state index contributed by atoms with van der Waals surface area (Å²) in [6.07, 6.45) is 8.29. The van der Waals surface area contributed by atoms with Gasteiger partial charge in [0.25, 0.3) is 0 Å². The van der Waals surface area contributed by atoms with E-state index in [-0.39, 0.29) is 0 Å². The largest absolute Gasteiger partial charge is 0.223 e. The van der Waals surface area contributed by atoms with Crippen molar-refractivity contribution in [3.8, 4) is 11.1 Å². The first-order chi connectivity index (χ1) is 9.67. The Hall–Kier alpha value is -1.21. The van der Waals surface area contributed by atoms with E-state index in [4.69, 9.17) is 0 Å². The molecule has 0 N–H and O–H groups in total. The second-order valence-corrected chi connectivity index (χ2v) is 11.9. The number of hydrogen-bond donors (Lipinski definition) is 0. The van der Waals surface area contributed by atoms with Crippen molar-refractivity contribution >= 4 is 10.0 Å². The molecule has 0 fully saturated rings. The first kappa shape index (κ1) is 16.2. The lowest BCUT2D eigenvalue weighted by atomic mass is 9.87. The minimum atomic E-state index is -0.705. The van der Waals surface area contributed by atoms with Crippen LogP contribution in [0.15, 0.2) is 53.4 Å². The molecule has 0 radical (unpaired) electrons. The molecule has 0 heterocycles. The average Bonchev–Trinajstić information content (AvgIpc) is 2.36. The van der Waals surface area contributed by atoms with Gasteiger partial charge in [0.1, 0.15) is 0 Å². The molecule has 0 aromatic heterocycles. The predicted octanol–water partition coefficient (Wildman–Crippen LogP) is 6.00. The van der Waals surface area contributed by atoms with Crippen molar-refractivity contribution in [1.82, 2.24) is 0 Å². The Morgan fingerprint density at radius 2 is 1.43 bits per heavy atom. The zero-order valence-electron chi connectivity index (χ0n) is 14.2. The SMILES string of the molecule is CC(C)(C)Cc1cc(-c2ccccc2)ccc1S(C)(C)C. The summed E-state index contributed by atoms with van der Waals surface area (Å²) in [6.45, 7) is 6.97. The summed E-state index contributed by atoms with van der Waals surface area (Å²) < 4.78 is 0. The molecule has 21 heavy (non-hydrogen) atoms. The fourth-order valence-corrected chi connectivity index (χ4v) is 4.09. The van der Waals surface area contributed by atoms with E-state index in [2.05, 4.69) is 88.1 Å². The van der Waals surface area contributed by atoms with Gasteiger partial charge in [-0.3, -0.25) is 0 Å². The van der Waals surface area contributed by atoms with Gasteiger partial charge < -0.3 is 0 Å². The fourth-order valence-electron chi connectivity index (χ4n) is 2.70. The van der Waals surface area contributed by atoms with Gasteiger partial charge >= 0.3 is 0 Å². The molecule has 2 aromatic carbocycles. The minimum absolute atomic E-state index is 0.314. The summed E-state index contributed by atoms with van der Waals surface area (Å²) in [5.41, 5.74) is 4.48. The van der Waals surface area contributed by atoms with Crippen molar-refractivity contribution in [3.63, 3.8) is 0 Å². The fraction of sp³-hybridized carbons (Fsp3) is 0.400.